The summed E-state index contributed by atoms with van der Waals surface area (Å²) in [5.74, 6) is 0. The van der Waals surface area contributed by atoms with Crippen molar-refractivity contribution in [3.63, 3.8) is 0 Å². The fourth-order valence-corrected chi connectivity index (χ4v) is 1.52. The third-order valence-electron chi connectivity index (χ3n) is 1.77. The summed E-state index contributed by atoms with van der Waals surface area (Å²) in [7, 11) is 0. The molecule has 0 aliphatic rings. The van der Waals surface area contributed by atoms with Gasteiger partial charge in [-0.05, 0) is 33.0 Å². The van der Waals surface area contributed by atoms with E-state index in [9.17, 15) is 0 Å². The summed E-state index contributed by atoms with van der Waals surface area (Å²) >= 11 is 5.23. The Hall–Kier alpha value is -0.570. The molecule has 0 amide bonds. The Morgan fingerprint density at radius 1 is 1.45 bits per heavy atom. The highest BCUT2D eigenvalue weighted by Crippen LogP contribution is 2.06. The van der Waals surface area contributed by atoms with Gasteiger partial charge in [0.1, 0.15) is 0 Å². The summed E-state index contributed by atoms with van der Waals surface area (Å²) in [5.41, 5.74) is 0. The summed E-state index contributed by atoms with van der Waals surface area (Å²) < 4.78 is 5.08. The van der Waals surface area contributed by atoms with Crippen LogP contribution in [0, 0.1) is 4.77 Å². The third-order valence-corrected chi connectivity index (χ3v) is 2.22. The Morgan fingerprint density at radius 3 is 2.36 bits per heavy atom. The number of imidazole rings is 1. The van der Waals surface area contributed by atoms with Gasteiger partial charge in [-0.15, -0.1) is 0 Å². The van der Waals surface area contributed by atoms with Crippen LogP contribution in [0.3, 0.4) is 0 Å². The minimum Gasteiger partial charge on any atom is -0.324 e. The highest BCUT2D eigenvalue weighted by atomic mass is 32.1. The zero-order valence-corrected chi connectivity index (χ0v) is 8.06. The second kappa shape index (κ2) is 3.22. The van der Waals surface area contributed by atoms with Crippen LogP contribution in [0.1, 0.15) is 26.8 Å². The number of hydrogen-bond donors (Lipinski definition) is 0. The molecular formula is C8H14N2S. The molecule has 3 heteroatoms. The van der Waals surface area contributed by atoms with Gasteiger partial charge in [0.05, 0.1) is 0 Å². The van der Waals surface area contributed by atoms with Crippen LogP contribution < -0.4 is 0 Å². The molecule has 0 fully saturated rings. The van der Waals surface area contributed by atoms with Gasteiger partial charge in [0.25, 0.3) is 0 Å². The van der Waals surface area contributed by atoms with Crippen molar-refractivity contribution < 1.29 is 0 Å². The zero-order valence-electron chi connectivity index (χ0n) is 7.24. The van der Waals surface area contributed by atoms with Crippen LogP contribution >= 0.6 is 12.2 Å². The van der Waals surface area contributed by atoms with Crippen LogP contribution in [-0.4, -0.2) is 9.13 Å². The van der Waals surface area contributed by atoms with Gasteiger partial charge < -0.3 is 9.13 Å². The fraction of sp³-hybridized carbons (Fsp3) is 0.625. The van der Waals surface area contributed by atoms with E-state index in [4.69, 9.17) is 12.2 Å². The number of hydrogen-bond acceptors (Lipinski definition) is 1. The molecule has 1 aromatic heterocycles. The van der Waals surface area contributed by atoms with E-state index in [0.29, 0.717) is 6.04 Å². The Bertz CT molecular complexity index is 283. The number of aryl methyl sites for hydroxylation is 1. The molecule has 0 unspecified atom stereocenters. The van der Waals surface area contributed by atoms with Crippen molar-refractivity contribution in [1.29, 1.82) is 0 Å². The van der Waals surface area contributed by atoms with Crippen molar-refractivity contribution in [3.8, 4) is 0 Å². The van der Waals surface area contributed by atoms with E-state index >= 15 is 0 Å². The van der Waals surface area contributed by atoms with Gasteiger partial charge in [0.15, 0.2) is 4.77 Å². The molecule has 0 saturated carbocycles. The first-order valence-electron chi connectivity index (χ1n) is 3.94. The molecule has 0 saturated heterocycles. The topological polar surface area (TPSA) is 9.86 Å². The van der Waals surface area contributed by atoms with E-state index in [1.54, 1.807) is 0 Å². The summed E-state index contributed by atoms with van der Waals surface area (Å²) in [6.07, 6.45) is 4.07. The largest absolute Gasteiger partial charge is 0.324 e. The Morgan fingerprint density at radius 2 is 2.09 bits per heavy atom. The van der Waals surface area contributed by atoms with Crippen LogP contribution in [0.4, 0.5) is 0 Å². The van der Waals surface area contributed by atoms with Crippen molar-refractivity contribution in [2.24, 2.45) is 0 Å². The fourth-order valence-electron chi connectivity index (χ4n) is 1.06. The molecule has 0 radical (unpaired) electrons. The van der Waals surface area contributed by atoms with E-state index in [0.717, 1.165) is 11.3 Å². The summed E-state index contributed by atoms with van der Waals surface area (Å²) in [5, 5.41) is 0. The Labute approximate surface area is 72.5 Å². The van der Waals surface area contributed by atoms with Crippen LogP contribution in [-0.2, 0) is 6.54 Å². The molecule has 0 aliphatic carbocycles. The van der Waals surface area contributed by atoms with Gasteiger partial charge in [-0.25, -0.2) is 0 Å². The maximum atomic E-state index is 5.23. The lowest BCUT2D eigenvalue weighted by Gasteiger charge is -2.05. The van der Waals surface area contributed by atoms with Crippen LogP contribution in [0.2, 0.25) is 0 Å². The maximum Gasteiger partial charge on any atom is 0.180 e. The van der Waals surface area contributed by atoms with Gasteiger partial charge in [0, 0.05) is 25.0 Å². The number of aromatic nitrogens is 2. The summed E-state index contributed by atoms with van der Waals surface area (Å²) in [4.78, 5) is 0. The second-order valence-corrected chi connectivity index (χ2v) is 3.23. The van der Waals surface area contributed by atoms with E-state index in [-0.39, 0.29) is 0 Å². The molecule has 1 aromatic rings. The molecule has 0 aliphatic heterocycles. The zero-order chi connectivity index (χ0) is 8.43. The standard InChI is InChI=1S/C8H14N2S/c1-4-9-5-6-10(7(2)3)8(9)11/h5-7H,4H2,1-3H3. The van der Waals surface area contributed by atoms with Gasteiger partial charge in [-0.3, -0.25) is 0 Å². The van der Waals surface area contributed by atoms with Crippen molar-refractivity contribution >= 4 is 12.2 Å². The first-order valence-corrected chi connectivity index (χ1v) is 4.35. The van der Waals surface area contributed by atoms with Crippen LogP contribution in [0.15, 0.2) is 12.4 Å². The lowest BCUT2D eigenvalue weighted by atomic mass is 10.4. The van der Waals surface area contributed by atoms with E-state index < -0.39 is 0 Å². The molecule has 11 heavy (non-hydrogen) atoms. The Balaban J connectivity index is 3.11. The first kappa shape index (κ1) is 8.53. The molecule has 1 rings (SSSR count). The highest BCUT2D eigenvalue weighted by molar-refractivity contribution is 7.71. The van der Waals surface area contributed by atoms with E-state index in [1.165, 1.54) is 0 Å². The lowest BCUT2D eigenvalue weighted by Crippen LogP contribution is -2.01. The summed E-state index contributed by atoms with van der Waals surface area (Å²) in [6, 6.07) is 0.468. The number of nitrogens with zero attached hydrogens (tertiary/aromatic N) is 2. The average molecular weight is 170 g/mol. The molecular weight excluding hydrogens is 156 g/mol. The maximum absolute atomic E-state index is 5.23. The van der Waals surface area contributed by atoms with Gasteiger partial charge in [-0.2, -0.15) is 0 Å². The smallest absolute Gasteiger partial charge is 0.180 e. The predicted molar refractivity (Wildman–Crippen MR) is 49.3 cm³/mol. The van der Waals surface area contributed by atoms with Crippen LogP contribution in [0.5, 0.6) is 0 Å². The minimum atomic E-state index is 0.468. The second-order valence-electron chi connectivity index (χ2n) is 2.87. The SMILES string of the molecule is CCn1ccn(C(C)C)c1=S. The molecule has 0 aromatic carbocycles. The molecule has 0 atom stereocenters. The predicted octanol–water partition coefficient (Wildman–Crippen LogP) is 2.62. The highest BCUT2D eigenvalue weighted by Gasteiger charge is 1.99. The van der Waals surface area contributed by atoms with Gasteiger partial charge in [-0.1, -0.05) is 0 Å². The van der Waals surface area contributed by atoms with E-state index in [1.807, 2.05) is 12.4 Å². The van der Waals surface area contributed by atoms with E-state index in [2.05, 4.69) is 29.9 Å². The van der Waals surface area contributed by atoms with Gasteiger partial charge >= 0.3 is 0 Å². The average Bonchev–Trinajstić information content (AvgIpc) is 2.30. The normalized spacial score (nSPS) is 10.9. The summed E-state index contributed by atoms with van der Waals surface area (Å²) in [6.45, 7) is 7.32. The Kier molecular flexibility index (Phi) is 2.49. The molecule has 1 heterocycles. The molecule has 0 spiro atoms. The number of rotatable bonds is 2. The molecule has 0 bridgehead atoms. The molecule has 0 N–H and O–H groups in total. The minimum absolute atomic E-state index is 0.468. The van der Waals surface area contributed by atoms with Crippen molar-refractivity contribution in [2.45, 2.75) is 33.4 Å². The molecule has 2 nitrogen and oxygen atoms in total. The van der Waals surface area contributed by atoms with Crippen molar-refractivity contribution in [1.82, 2.24) is 9.13 Å². The van der Waals surface area contributed by atoms with Crippen LogP contribution in [0.25, 0.3) is 0 Å². The third kappa shape index (κ3) is 1.53. The monoisotopic (exact) mass is 170 g/mol. The van der Waals surface area contributed by atoms with Crippen molar-refractivity contribution in [2.75, 3.05) is 0 Å². The lowest BCUT2D eigenvalue weighted by molar-refractivity contribution is 0.574. The molecule has 62 valence electrons. The van der Waals surface area contributed by atoms with Crippen molar-refractivity contribution in [3.05, 3.63) is 17.2 Å². The van der Waals surface area contributed by atoms with Gasteiger partial charge in [0.2, 0.25) is 0 Å². The first-order chi connectivity index (χ1) is 5.16. The quantitative estimate of drug-likeness (QED) is 0.620.